The largest absolute Gasteiger partial charge is 0.347 e. The van der Waals surface area contributed by atoms with Crippen molar-refractivity contribution in [2.24, 2.45) is 17.3 Å². The third-order valence-electron chi connectivity index (χ3n) is 6.74. The van der Waals surface area contributed by atoms with Crippen molar-refractivity contribution in [3.05, 3.63) is 59.4 Å². The van der Waals surface area contributed by atoms with E-state index in [9.17, 15) is 9.18 Å². The van der Waals surface area contributed by atoms with E-state index >= 15 is 0 Å². The summed E-state index contributed by atoms with van der Waals surface area (Å²) in [7, 11) is 0. The molecule has 5 heteroatoms. The van der Waals surface area contributed by atoms with Crippen LogP contribution in [-0.4, -0.2) is 21.4 Å². The predicted octanol–water partition coefficient (Wildman–Crippen LogP) is 4.04. The molecule has 1 amide bonds. The molecule has 29 heavy (non-hydrogen) atoms. The van der Waals surface area contributed by atoms with Crippen LogP contribution >= 0.6 is 0 Å². The molecule has 4 bridgehead atoms. The minimum atomic E-state index is -0.384. The molecule has 1 N–H and O–H groups in total. The number of benzene rings is 1. The quantitative estimate of drug-likeness (QED) is 0.789. The molecule has 2 unspecified atom stereocenters. The molecule has 0 saturated heterocycles. The minimum Gasteiger partial charge on any atom is -0.347 e. The Bertz CT molecular complexity index is 1020. The summed E-state index contributed by atoms with van der Waals surface area (Å²) in [6, 6.07) is 5.92. The first-order valence-electron chi connectivity index (χ1n) is 10.3. The van der Waals surface area contributed by atoms with Crippen molar-refractivity contribution in [1.82, 2.24) is 15.3 Å². The van der Waals surface area contributed by atoms with E-state index < -0.39 is 0 Å². The summed E-state index contributed by atoms with van der Waals surface area (Å²) in [5, 5.41) is 3.30. The number of carbonyl (C=O) groups excluding carboxylic acids is 1. The van der Waals surface area contributed by atoms with E-state index in [0.717, 1.165) is 37.8 Å². The van der Waals surface area contributed by atoms with Crippen molar-refractivity contribution in [2.75, 3.05) is 0 Å². The SMILES string of the molecule is Cc1cncc(C#CC23CC4CC(C2)CC(NC(=O)c2cccc(F)c2)(C4)C3)n1. The molecule has 0 spiro atoms. The van der Waals surface area contributed by atoms with Crippen LogP contribution in [0.15, 0.2) is 36.7 Å². The van der Waals surface area contributed by atoms with Crippen LogP contribution in [0.1, 0.15) is 60.3 Å². The summed E-state index contributed by atoms with van der Waals surface area (Å²) in [6.07, 6.45) is 9.71. The maximum atomic E-state index is 13.6. The molecule has 1 aromatic heterocycles. The van der Waals surface area contributed by atoms with E-state index in [1.807, 2.05) is 6.92 Å². The molecular weight excluding hydrogens is 365 g/mol. The Morgan fingerprint density at radius 3 is 2.72 bits per heavy atom. The van der Waals surface area contributed by atoms with Crippen LogP contribution < -0.4 is 5.32 Å². The number of rotatable bonds is 2. The zero-order chi connectivity index (χ0) is 20.1. The molecule has 4 aliphatic rings. The third-order valence-corrected chi connectivity index (χ3v) is 6.74. The van der Waals surface area contributed by atoms with Crippen LogP contribution in [0.4, 0.5) is 4.39 Å². The molecule has 0 aliphatic heterocycles. The second kappa shape index (κ2) is 6.66. The highest BCUT2D eigenvalue weighted by Gasteiger charge is 2.57. The Kier molecular flexibility index (Phi) is 4.20. The molecule has 4 saturated carbocycles. The molecule has 148 valence electrons. The Morgan fingerprint density at radius 1 is 1.21 bits per heavy atom. The first-order chi connectivity index (χ1) is 13.9. The summed E-state index contributed by atoms with van der Waals surface area (Å²) in [5.74, 6) is 7.42. The molecule has 6 rings (SSSR count). The predicted molar refractivity (Wildman–Crippen MR) is 107 cm³/mol. The number of amides is 1. The van der Waals surface area contributed by atoms with Crippen molar-refractivity contribution < 1.29 is 9.18 Å². The normalized spacial score (nSPS) is 31.8. The van der Waals surface area contributed by atoms with Crippen LogP contribution in [0.25, 0.3) is 0 Å². The lowest BCUT2D eigenvalue weighted by atomic mass is 9.47. The first-order valence-corrected chi connectivity index (χ1v) is 10.3. The first kappa shape index (κ1) is 18.3. The molecule has 4 nitrogen and oxygen atoms in total. The molecule has 4 aliphatic carbocycles. The zero-order valence-corrected chi connectivity index (χ0v) is 16.5. The summed E-state index contributed by atoms with van der Waals surface area (Å²) in [6.45, 7) is 1.92. The second-order valence-corrected chi connectivity index (χ2v) is 9.28. The van der Waals surface area contributed by atoms with E-state index in [2.05, 4.69) is 27.1 Å². The van der Waals surface area contributed by atoms with Gasteiger partial charge in [0.15, 0.2) is 0 Å². The highest BCUT2D eigenvalue weighted by atomic mass is 19.1. The van der Waals surface area contributed by atoms with Gasteiger partial charge in [-0.15, -0.1) is 0 Å². The van der Waals surface area contributed by atoms with Gasteiger partial charge in [0, 0.05) is 22.7 Å². The maximum Gasteiger partial charge on any atom is 0.251 e. The molecule has 2 aromatic rings. The van der Waals surface area contributed by atoms with Crippen LogP contribution in [-0.2, 0) is 0 Å². The Labute approximate surface area is 170 Å². The van der Waals surface area contributed by atoms with Gasteiger partial charge >= 0.3 is 0 Å². The lowest BCUT2D eigenvalue weighted by Crippen LogP contribution is -2.62. The Hall–Kier alpha value is -2.74. The topological polar surface area (TPSA) is 54.9 Å². The monoisotopic (exact) mass is 389 g/mol. The maximum absolute atomic E-state index is 13.6. The van der Waals surface area contributed by atoms with Gasteiger partial charge in [0.05, 0.1) is 11.9 Å². The average molecular weight is 389 g/mol. The van der Waals surface area contributed by atoms with Crippen molar-refractivity contribution >= 4 is 5.91 Å². The molecule has 0 radical (unpaired) electrons. The average Bonchev–Trinajstić information content (AvgIpc) is 2.65. The van der Waals surface area contributed by atoms with Gasteiger partial charge in [-0.1, -0.05) is 12.0 Å². The van der Waals surface area contributed by atoms with E-state index in [-0.39, 0.29) is 22.7 Å². The summed E-state index contributed by atoms with van der Waals surface area (Å²) in [5.41, 5.74) is 1.64. The van der Waals surface area contributed by atoms with Crippen LogP contribution in [0, 0.1) is 41.8 Å². The fraction of sp³-hybridized carbons (Fsp3) is 0.458. The third kappa shape index (κ3) is 3.53. The van der Waals surface area contributed by atoms with Gasteiger partial charge in [-0.3, -0.25) is 9.78 Å². The number of hydrogen-bond donors (Lipinski definition) is 1. The lowest BCUT2D eigenvalue weighted by molar-refractivity contribution is -0.0484. The summed E-state index contributed by atoms with van der Waals surface area (Å²) < 4.78 is 13.6. The Morgan fingerprint density at radius 2 is 2.00 bits per heavy atom. The van der Waals surface area contributed by atoms with Crippen LogP contribution in [0.5, 0.6) is 0 Å². The van der Waals surface area contributed by atoms with Gasteiger partial charge in [0.25, 0.3) is 5.91 Å². The molecule has 2 atom stereocenters. The highest BCUT2D eigenvalue weighted by molar-refractivity contribution is 5.94. The van der Waals surface area contributed by atoms with E-state index in [1.54, 1.807) is 24.5 Å². The molecule has 1 heterocycles. The smallest absolute Gasteiger partial charge is 0.251 e. The van der Waals surface area contributed by atoms with Crippen LogP contribution in [0.3, 0.4) is 0 Å². The van der Waals surface area contributed by atoms with E-state index in [1.165, 1.54) is 18.6 Å². The number of aryl methyl sites for hydroxylation is 1. The fourth-order valence-electron chi connectivity index (χ4n) is 6.22. The van der Waals surface area contributed by atoms with Crippen molar-refractivity contribution in [3.8, 4) is 11.8 Å². The second-order valence-electron chi connectivity index (χ2n) is 9.28. The zero-order valence-electron chi connectivity index (χ0n) is 16.5. The number of aromatic nitrogens is 2. The number of hydrogen-bond acceptors (Lipinski definition) is 3. The summed E-state index contributed by atoms with van der Waals surface area (Å²) >= 11 is 0. The number of nitrogens with one attached hydrogen (secondary N) is 1. The van der Waals surface area contributed by atoms with Crippen molar-refractivity contribution in [1.29, 1.82) is 0 Å². The number of halogens is 1. The van der Waals surface area contributed by atoms with Gasteiger partial charge in [0.2, 0.25) is 0 Å². The van der Waals surface area contributed by atoms with E-state index in [4.69, 9.17) is 0 Å². The lowest BCUT2D eigenvalue weighted by Gasteiger charge is -2.60. The van der Waals surface area contributed by atoms with Crippen molar-refractivity contribution in [3.63, 3.8) is 0 Å². The number of nitrogens with zero attached hydrogens (tertiary/aromatic N) is 2. The number of carbonyl (C=O) groups is 1. The van der Waals surface area contributed by atoms with Gasteiger partial charge < -0.3 is 5.32 Å². The van der Waals surface area contributed by atoms with Crippen LogP contribution in [0.2, 0.25) is 0 Å². The van der Waals surface area contributed by atoms with Gasteiger partial charge in [0.1, 0.15) is 11.5 Å². The standard InChI is InChI=1S/C24H24FN3O/c1-16-13-26-14-21(27-16)5-6-23-9-17-7-18(10-23)12-24(11-17,15-23)28-22(29)19-3-2-4-20(25)8-19/h2-4,8,13-14,17-18H,7,9-12,15H2,1H3,(H,28,29). The van der Waals surface area contributed by atoms with E-state index in [0.29, 0.717) is 23.1 Å². The summed E-state index contributed by atoms with van der Waals surface area (Å²) in [4.78, 5) is 21.5. The fourth-order valence-corrected chi connectivity index (χ4v) is 6.22. The van der Waals surface area contributed by atoms with Crippen molar-refractivity contribution in [2.45, 2.75) is 51.0 Å². The minimum absolute atomic E-state index is 0.0786. The highest BCUT2D eigenvalue weighted by Crippen LogP contribution is 2.61. The molecule has 4 fully saturated rings. The Balaban J connectivity index is 1.42. The molecule has 1 aromatic carbocycles. The van der Waals surface area contributed by atoms with Gasteiger partial charge in [-0.25, -0.2) is 9.37 Å². The molecular formula is C24H24FN3O. The van der Waals surface area contributed by atoms with Gasteiger partial charge in [-0.2, -0.15) is 0 Å². The van der Waals surface area contributed by atoms with Gasteiger partial charge in [-0.05, 0) is 81.4 Å².